The van der Waals surface area contributed by atoms with E-state index in [0.29, 0.717) is 0 Å². The third-order valence-electron chi connectivity index (χ3n) is 0.658. The Morgan fingerprint density at radius 1 is 1.67 bits per heavy atom. The van der Waals surface area contributed by atoms with Crippen LogP contribution in [0, 0.1) is 0 Å². The Bertz CT molecular complexity index is 133. The van der Waals surface area contributed by atoms with E-state index in [1.165, 1.54) is 0 Å². The molecule has 0 aliphatic rings. The second kappa shape index (κ2) is 3.77. The normalized spacial score (nSPS) is 11.7. The molecular weight excluding hydrogens is 120 g/mol. The van der Waals surface area contributed by atoms with Gasteiger partial charge < -0.3 is 4.74 Å². The van der Waals surface area contributed by atoms with Crippen LogP contribution >= 0.6 is 0 Å². The van der Waals surface area contributed by atoms with Crippen LogP contribution in [0.5, 0.6) is 0 Å². The Morgan fingerprint density at radius 2 is 2.22 bits per heavy atom. The molecule has 9 heavy (non-hydrogen) atoms. The summed E-state index contributed by atoms with van der Waals surface area (Å²) >= 11 is 0. The second-order valence-electron chi connectivity index (χ2n) is 1.32. The van der Waals surface area contributed by atoms with E-state index >= 15 is 0 Å². The monoisotopic (exact) mass is 128 g/mol. The van der Waals surface area contributed by atoms with Crippen molar-refractivity contribution < 1.29 is 9.53 Å². The molecule has 0 aromatic carbocycles. The number of nitrogens with zero attached hydrogens (tertiary/aromatic N) is 2. The standard InChI is InChI=1S/C5H8N2O2/c1-4(6-2)9-5(8)7-3/h4H,2-3H2,1H3/t4-/m1/s1. The van der Waals surface area contributed by atoms with Gasteiger partial charge in [-0.05, 0) is 20.4 Å². The summed E-state index contributed by atoms with van der Waals surface area (Å²) in [6.45, 7) is 7.70. The summed E-state index contributed by atoms with van der Waals surface area (Å²) in [6, 6.07) is 0. The molecule has 0 unspecified atom stereocenters. The Labute approximate surface area is 53.3 Å². The molecule has 0 N–H and O–H groups in total. The fourth-order valence-corrected chi connectivity index (χ4v) is 0.220. The van der Waals surface area contributed by atoms with Gasteiger partial charge in [-0.15, -0.1) is 0 Å². The summed E-state index contributed by atoms with van der Waals surface area (Å²) in [7, 11) is 0. The van der Waals surface area contributed by atoms with Crippen molar-refractivity contribution in [3.63, 3.8) is 0 Å². The number of amides is 1. The van der Waals surface area contributed by atoms with Crippen LogP contribution in [-0.4, -0.2) is 25.8 Å². The number of rotatable bonds is 2. The number of carbonyl (C=O) groups is 1. The van der Waals surface area contributed by atoms with Gasteiger partial charge in [-0.2, -0.15) is 4.99 Å². The lowest BCUT2D eigenvalue weighted by molar-refractivity contribution is 0.122. The molecule has 4 nitrogen and oxygen atoms in total. The van der Waals surface area contributed by atoms with Crippen LogP contribution < -0.4 is 0 Å². The van der Waals surface area contributed by atoms with Crippen LogP contribution in [-0.2, 0) is 4.74 Å². The molecule has 0 heterocycles. The number of ether oxygens (including phenoxy) is 1. The molecule has 1 atom stereocenters. The number of carbonyl (C=O) groups excluding carboxylic acids is 1. The maximum Gasteiger partial charge on any atom is 0.434 e. The number of hydrogen-bond acceptors (Lipinski definition) is 3. The zero-order valence-corrected chi connectivity index (χ0v) is 5.20. The van der Waals surface area contributed by atoms with Gasteiger partial charge in [-0.3, -0.25) is 4.99 Å². The van der Waals surface area contributed by atoms with E-state index in [1.54, 1.807) is 6.92 Å². The Balaban J connectivity index is 3.58. The van der Waals surface area contributed by atoms with E-state index in [2.05, 4.69) is 28.2 Å². The molecule has 0 radical (unpaired) electrons. The maximum absolute atomic E-state index is 10.2. The van der Waals surface area contributed by atoms with Gasteiger partial charge in [0.15, 0.2) is 6.23 Å². The number of hydrogen-bond donors (Lipinski definition) is 0. The van der Waals surface area contributed by atoms with E-state index in [1.807, 2.05) is 0 Å². The van der Waals surface area contributed by atoms with Crippen molar-refractivity contribution in [1.82, 2.24) is 0 Å². The van der Waals surface area contributed by atoms with Crippen molar-refractivity contribution >= 4 is 19.5 Å². The molecule has 0 spiro atoms. The summed E-state index contributed by atoms with van der Waals surface area (Å²) < 4.78 is 4.45. The smallest absolute Gasteiger partial charge is 0.422 e. The number of aliphatic imine (C=N–C) groups is 2. The third kappa shape index (κ3) is 3.40. The van der Waals surface area contributed by atoms with E-state index in [-0.39, 0.29) is 0 Å². The first-order chi connectivity index (χ1) is 4.20. The molecule has 0 rings (SSSR count). The topological polar surface area (TPSA) is 51.0 Å². The van der Waals surface area contributed by atoms with Crippen molar-refractivity contribution in [2.45, 2.75) is 13.2 Å². The molecule has 4 heteroatoms. The minimum atomic E-state index is -0.727. The van der Waals surface area contributed by atoms with E-state index in [0.717, 1.165) is 0 Å². The summed E-state index contributed by atoms with van der Waals surface area (Å²) in [5.74, 6) is 0. The summed E-state index contributed by atoms with van der Waals surface area (Å²) in [5.41, 5.74) is 0. The minimum Gasteiger partial charge on any atom is -0.422 e. The molecule has 0 aliphatic heterocycles. The van der Waals surface area contributed by atoms with Crippen LogP contribution in [0.3, 0.4) is 0 Å². The van der Waals surface area contributed by atoms with Crippen LogP contribution in [0.1, 0.15) is 6.92 Å². The quantitative estimate of drug-likeness (QED) is 0.518. The van der Waals surface area contributed by atoms with Gasteiger partial charge in [-0.25, -0.2) is 4.79 Å². The highest BCUT2D eigenvalue weighted by atomic mass is 16.6. The molecular formula is C5H8N2O2. The lowest BCUT2D eigenvalue weighted by atomic mass is 10.7. The largest absolute Gasteiger partial charge is 0.434 e. The molecule has 0 fully saturated rings. The summed E-state index contributed by atoms with van der Waals surface area (Å²) in [6.07, 6.45) is -1.27. The minimum absolute atomic E-state index is 0.539. The molecule has 0 aromatic rings. The Morgan fingerprint density at radius 3 is 2.56 bits per heavy atom. The highest BCUT2D eigenvalue weighted by Gasteiger charge is 2.01. The average molecular weight is 128 g/mol. The van der Waals surface area contributed by atoms with Crippen molar-refractivity contribution in [2.75, 3.05) is 0 Å². The predicted octanol–water partition coefficient (Wildman–Crippen LogP) is 0.870. The molecule has 1 amide bonds. The molecule has 0 saturated heterocycles. The molecule has 0 aromatic heterocycles. The molecule has 0 bridgehead atoms. The van der Waals surface area contributed by atoms with Gasteiger partial charge in [-0.1, -0.05) is 0 Å². The van der Waals surface area contributed by atoms with Crippen molar-refractivity contribution in [1.29, 1.82) is 0 Å². The summed E-state index contributed by atoms with van der Waals surface area (Å²) in [4.78, 5) is 16.6. The van der Waals surface area contributed by atoms with Gasteiger partial charge in [0.05, 0.1) is 0 Å². The first-order valence-electron chi connectivity index (χ1n) is 2.34. The molecule has 50 valence electrons. The summed E-state index contributed by atoms with van der Waals surface area (Å²) in [5, 5.41) is 0. The zero-order valence-electron chi connectivity index (χ0n) is 5.20. The lowest BCUT2D eigenvalue weighted by Crippen LogP contribution is -2.07. The van der Waals surface area contributed by atoms with Crippen LogP contribution in [0.2, 0.25) is 0 Å². The second-order valence-corrected chi connectivity index (χ2v) is 1.32. The van der Waals surface area contributed by atoms with Crippen molar-refractivity contribution in [2.24, 2.45) is 9.98 Å². The van der Waals surface area contributed by atoms with E-state index in [9.17, 15) is 4.79 Å². The molecule has 0 saturated carbocycles. The first-order valence-corrected chi connectivity index (χ1v) is 2.34. The van der Waals surface area contributed by atoms with Gasteiger partial charge in [0.1, 0.15) is 0 Å². The molecule has 0 aliphatic carbocycles. The fourth-order valence-electron chi connectivity index (χ4n) is 0.220. The van der Waals surface area contributed by atoms with Gasteiger partial charge in [0.2, 0.25) is 0 Å². The van der Waals surface area contributed by atoms with Crippen LogP contribution in [0.25, 0.3) is 0 Å². The Hall–Kier alpha value is -1.19. The van der Waals surface area contributed by atoms with E-state index in [4.69, 9.17) is 0 Å². The Kier molecular flexibility index (Phi) is 3.27. The maximum atomic E-state index is 10.2. The van der Waals surface area contributed by atoms with Gasteiger partial charge in [0.25, 0.3) is 0 Å². The van der Waals surface area contributed by atoms with Crippen molar-refractivity contribution in [3.05, 3.63) is 0 Å². The van der Waals surface area contributed by atoms with Crippen molar-refractivity contribution in [3.8, 4) is 0 Å². The highest BCUT2D eigenvalue weighted by molar-refractivity contribution is 5.73. The van der Waals surface area contributed by atoms with Crippen LogP contribution in [0.4, 0.5) is 4.79 Å². The average Bonchev–Trinajstić information content (AvgIpc) is 1.87. The zero-order chi connectivity index (χ0) is 7.28. The van der Waals surface area contributed by atoms with Gasteiger partial charge in [0, 0.05) is 0 Å². The first kappa shape index (κ1) is 7.81. The highest BCUT2D eigenvalue weighted by Crippen LogP contribution is 1.92. The van der Waals surface area contributed by atoms with Gasteiger partial charge >= 0.3 is 6.09 Å². The third-order valence-corrected chi connectivity index (χ3v) is 0.658. The predicted molar refractivity (Wildman–Crippen MR) is 35.0 cm³/mol. The van der Waals surface area contributed by atoms with Crippen LogP contribution in [0.15, 0.2) is 9.98 Å². The SMILES string of the molecule is C=NC(=O)O[C@H](C)N=C. The van der Waals surface area contributed by atoms with E-state index < -0.39 is 12.3 Å². The lowest BCUT2D eigenvalue weighted by Gasteiger charge is -2.02. The fraction of sp³-hybridized carbons (Fsp3) is 0.400.